The number of aliphatic hydroxyl groups excluding tert-OH is 2. The number of imidazole rings is 1. The second kappa shape index (κ2) is 7.31. The van der Waals surface area contributed by atoms with Gasteiger partial charge < -0.3 is 19.9 Å². The van der Waals surface area contributed by atoms with Crippen LogP contribution in [0.5, 0.6) is 0 Å². The van der Waals surface area contributed by atoms with Crippen molar-refractivity contribution < 1.29 is 14.6 Å². The lowest BCUT2D eigenvalue weighted by Crippen LogP contribution is -2.41. The van der Waals surface area contributed by atoms with Gasteiger partial charge in [-0.2, -0.15) is 0 Å². The molecule has 0 unspecified atom stereocenters. The number of hydrogen-bond donors (Lipinski definition) is 3. The monoisotopic (exact) mass is 343 g/mol. The highest BCUT2D eigenvalue weighted by atomic mass is 19.1. The Hall–Kier alpha value is -2.28. The van der Waals surface area contributed by atoms with Crippen LogP contribution in [0.25, 0.3) is 16.9 Å². The summed E-state index contributed by atoms with van der Waals surface area (Å²) in [6, 6.07) is 9.71. The van der Waals surface area contributed by atoms with Crippen molar-refractivity contribution in [2.24, 2.45) is 0 Å². The van der Waals surface area contributed by atoms with Gasteiger partial charge >= 0.3 is 0 Å². The Kier molecular flexibility index (Phi) is 5.13. The van der Waals surface area contributed by atoms with Gasteiger partial charge in [-0.15, -0.1) is 0 Å². The van der Waals surface area contributed by atoms with Gasteiger partial charge in [0.2, 0.25) is 0 Å². The predicted molar refractivity (Wildman–Crippen MR) is 94.7 cm³/mol. The fourth-order valence-corrected chi connectivity index (χ4v) is 2.82. The van der Waals surface area contributed by atoms with Crippen LogP contribution in [0.1, 0.15) is 18.2 Å². The zero-order valence-corrected chi connectivity index (χ0v) is 14.3. The van der Waals surface area contributed by atoms with Crippen LogP contribution in [0.3, 0.4) is 0 Å². The summed E-state index contributed by atoms with van der Waals surface area (Å²) < 4.78 is 15.2. The first-order valence-corrected chi connectivity index (χ1v) is 8.25. The minimum atomic E-state index is -0.680. The lowest BCUT2D eigenvalue weighted by atomic mass is 10.1. The molecule has 0 radical (unpaired) electrons. The van der Waals surface area contributed by atoms with E-state index < -0.39 is 12.1 Å². The van der Waals surface area contributed by atoms with Crippen LogP contribution < -0.4 is 5.32 Å². The van der Waals surface area contributed by atoms with E-state index >= 15 is 0 Å². The number of rotatable bonds is 6. The molecule has 0 saturated heterocycles. The van der Waals surface area contributed by atoms with Gasteiger partial charge in [0.1, 0.15) is 11.5 Å². The van der Waals surface area contributed by atoms with Gasteiger partial charge in [0.05, 0.1) is 30.1 Å². The number of fused-ring (bicyclic) bond motifs is 1. The minimum Gasteiger partial charge on any atom is -0.395 e. The van der Waals surface area contributed by atoms with Crippen molar-refractivity contribution in [2.45, 2.75) is 32.5 Å². The van der Waals surface area contributed by atoms with Crippen LogP contribution in [0, 0.1) is 12.7 Å². The van der Waals surface area contributed by atoms with E-state index in [0.717, 1.165) is 28.2 Å². The van der Waals surface area contributed by atoms with Gasteiger partial charge in [0.15, 0.2) is 0 Å². The van der Waals surface area contributed by atoms with Gasteiger partial charge in [0, 0.05) is 18.3 Å². The standard InChI is InChI=1S/C19H22FN3O2/c1-12-3-8-18-22-19(14-4-6-15(20)7-5-14)17(23(18)10-12)9-21-16(11-24)13(2)25/h3-8,10,13,16,21,24-25H,9,11H2,1-2H3/t13-,16-/m1/s1. The second-order valence-corrected chi connectivity index (χ2v) is 6.26. The first-order valence-electron chi connectivity index (χ1n) is 8.25. The average molecular weight is 343 g/mol. The van der Waals surface area contributed by atoms with Gasteiger partial charge in [-0.1, -0.05) is 6.07 Å². The molecule has 2 heterocycles. The molecule has 0 aliphatic rings. The number of nitrogens with zero attached hydrogens (tertiary/aromatic N) is 2. The topological polar surface area (TPSA) is 69.8 Å². The zero-order chi connectivity index (χ0) is 18.0. The normalized spacial score (nSPS) is 14.0. The molecule has 0 saturated carbocycles. The highest BCUT2D eigenvalue weighted by molar-refractivity contribution is 5.66. The van der Waals surface area contributed by atoms with Crippen molar-refractivity contribution in [3.05, 3.63) is 59.7 Å². The number of nitrogens with one attached hydrogen (secondary N) is 1. The number of benzene rings is 1. The maximum atomic E-state index is 13.3. The summed E-state index contributed by atoms with van der Waals surface area (Å²) in [4.78, 5) is 4.68. The van der Waals surface area contributed by atoms with Crippen molar-refractivity contribution in [1.82, 2.24) is 14.7 Å². The molecular formula is C19H22FN3O2. The molecule has 3 aromatic rings. The van der Waals surface area contributed by atoms with E-state index in [2.05, 4.69) is 10.3 Å². The van der Waals surface area contributed by atoms with Crippen molar-refractivity contribution in [3.8, 4) is 11.3 Å². The van der Waals surface area contributed by atoms with Crippen LogP contribution in [-0.2, 0) is 6.54 Å². The van der Waals surface area contributed by atoms with Crippen molar-refractivity contribution in [2.75, 3.05) is 6.61 Å². The molecule has 1 aromatic carbocycles. The molecule has 0 aliphatic carbocycles. The number of aliphatic hydroxyl groups is 2. The summed E-state index contributed by atoms with van der Waals surface area (Å²) in [5, 5.41) is 22.3. The molecule has 132 valence electrons. The van der Waals surface area contributed by atoms with Crippen LogP contribution >= 0.6 is 0 Å². The maximum Gasteiger partial charge on any atom is 0.137 e. The molecule has 2 atom stereocenters. The summed E-state index contributed by atoms with van der Waals surface area (Å²) in [5.74, 6) is -0.294. The van der Waals surface area contributed by atoms with Crippen LogP contribution in [-0.4, -0.2) is 38.4 Å². The third-order valence-corrected chi connectivity index (χ3v) is 4.29. The van der Waals surface area contributed by atoms with E-state index in [-0.39, 0.29) is 12.4 Å². The number of aryl methyl sites for hydroxylation is 1. The third-order valence-electron chi connectivity index (χ3n) is 4.29. The summed E-state index contributed by atoms with van der Waals surface area (Å²) in [5.41, 5.74) is 4.34. The fraction of sp³-hybridized carbons (Fsp3) is 0.316. The van der Waals surface area contributed by atoms with E-state index in [0.29, 0.717) is 6.54 Å². The van der Waals surface area contributed by atoms with E-state index in [1.165, 1.54) is 12.1 Å². The Morgan fingerprint density at radius 1 is 1.20 bits per heavy atom. The molecule has 6 heteroatoms. The third kappa shape index (κ3) is 3.71. The fourth-order valence-electron chi connectivity index (χ4n) is 2.82. The molecule has 0 bridgehead atoms. The quantitative estimate of drug-likeness (QED) is 0.642. The lowest BCUT2D eigenvalue weighted by molar-refractivity contribution is 0.103. The van der Waals surface area contributed by atoms with E-state index in [9.17, 15) is 14.6 Å². The van der Waals surface area contributed by atoms with E-state index in [1.807, 2.05) is 29.7 Å². The van der Waals surface area contributed by atoms with Crippen molar-refractivity contribution in [3.63, 3.8) is 0 Å². The van der Waals surface area contributed by atoms with Crippen molar-refractivity contribution in [1.29, 1.82) is 0 Å². The predicted octanol–water partition coefficient (Wildman–Crippen LogP) is 2.28. The molecule has 2 aromatic heterocycles. The SMILES string of the molecule is Cc1ccc2nc(-c3ccc(F)cc3)c(CN[C@H](CO)[C@@H](C)O)n2c1. The largest absolute Gasteiger partial charge is 0.395 e. The zero-order valence-electron chi connectivity index (χ0n) is 14.3. The lowest BCUT2D eigenvalue weighted by Gasteiger charge is -2.19. The second-order valence-electron chi connectivity index (χ2n) is 6.26. The Labute approximate surface area is 145 Å². The van der Waals surface area contributed by atoms with Gasteiger partial charge in [-0.3, -0.25) is 0 Å². The minimum absolute atomic E-state index is 0.167. The van der Waals surface area contributed by atoms with Crippen LogP contribution in [0.2, 0.25) is 0 Å². The van der Waals surface area contributed by atoms with Gasteiger partial charge in [-0.05, 0) is 49.7 Å². The molecule has 3 N–H and O–H groups in total. The molecule has 0 fully saturated rings. The van der Waals surface area contributed by atoms with Crippen LogP contribution in [0.15, 0.2) is 42.6 Å². The summed E-state index contributed by atoms with van der Waals surface area (Å²) in [7, 11) is 0. The smallest absolute Gasteiger partial charge is 0.137 e. The number of halogens is 1. The Balaban J connectivity index is 2.05. The molecule has 0 spiro atoms. The molecular weight excluding hydrogens is 321 g/mol. The first-order chi connectivity index (χ1) is 12.0. The number of aromatic nitrogens is 2. The van der Waals surface area contributed by atoms with Gasteiger partial charge in [0.25, 0.3) is 0 Å². The van der Waals surface area contributed by atoms with Crippen LogP contribution in [0.4, 0.5) is 4.39 Å². The Morgan fingerprint density at radius 2 is 1.92 bits per heavy atom. The number of pyridine rings is 1. The van der Waals surface area contributed by atoms with Gasteiger partial charge in [-0.25, -0.2) is 9.37 Å². The summed E-state index contributed by atoms with van der Waals surface area (Å²) >= 11 is 0. The molecule has 5 nitrogen and oxygen atoms in total. The number of hydrogen-bond acceptors (Lipinski definition) is 4. The average Bonchev–Trinajstić information content (AvgIpc) is 2.94. The molecule has 0 aliphatic heterocycles. The summed E-state index contributed by atoms with van der Waals surface area (Å²) in [6.07, 6.45) is 1.31. The van der Waals surface area contributed by atoms with E-state index in [1.54, 1.807) is 19.1 Å². The molecule has 3 rings (SSSR count). The van der Waals surface area contributed by atoms with E-state index in [4.69, 9.17) is 0 Å². The molecule has 25 heavy (non-hydrogen) atoms. The Bertz CT molecular complexity index is 859. The highest BCUT2D eigenvalue weighted by Crippen LogP contribution is 2.25. The summed E-state index contributed by atoms with van der Waals surface area (Å²) in [6.45, 7) is 3.88. The molecule has 0 amide bonds. The first kappa shape index (κ1) is 17.5. The highest BCUT2D eigenvalue weighted by Gasteiger charge is 2.18. The maximum absolute atomic E-state index is 13.3. The van der Waals surface area contributed by atoms with Crippen molar-refractivity contribution >= 4 is 5.65 Å². The Morgan fingerprint density at radius 3 is 2.56 bits per heavy atom.